The number of nitro groups is 1. The van der Waals surface area contributed by atoms with Crippen molar-refractivity contribution in [2.45, 2.75) is 6.92 Å². The smallest absolute Gasteiger partial charge is 0.270 e. The van der Waals surface area contributed by atoms with Crippen molar-refractivity contribution in [1.29, 1.82) is 0 Å². The van der Waals surface area contributed by atoms with Crippen LogP contribution in [0.25, 0.3) is 6.08 Å². The number of nitrogens with zero attached hydrogens (tertiary/aromatic N) is 2. The van der Waals surface area contributed by atoms with Crippen LogP contribution in [0.4, 0.5) is 15.8 Å². The third-order valence-corrected chi connectivity index (χ3v) is 5.05. The number of anilines is 1. The van der Waals surface area contributed by atoms with E-state index in [9.17, 15) is 19.3 Å². The van der Waals surface area contributed by atoms with Gasteiger partial charge in [0.25, 0.3) is 5.69 Å². The van der Waals surface area contributed by atoms with Crippen molar-refractivity contribution < 1.29 is 19.0 Å². The maximum Gasteiger partial charge on any atom is 0.270 e. The van der Waals surface area contributed by atoms with Gasteiger partial charge in [0.1, 0.15) is 5.82 Å². The summed E-state index contributed by atoms with van der Waals surface area (Å²) in [6.45, 7) is 6.75. The molecule has 7 heteroatoms. The van der Waals surface area contributed by atoms with Gasteiger partial charge in [0.2, 0.25) is 0 Å². The highest BCUT2D eigenvalue weighted by atomic mass is 19.1. The molecular formula is C21H23FN3O3+. The lowest BCUT2D eigenvalue weighted by Gasteiger charge is -2.33. The molecule has 0 amide bonds. The summed E-state index contributed by atoms with van der Waals surface area (Å²) in [6.07, 6.45) is 2.80. The molecule has 28 heavy (non-hydrogen) atoms. The van der Waals surface area contributed by atoms with Crippen LogP contribution in [0.1, 0.15) is 22.8 Å². The number of carbonyl (C=O) groups excluding carboxylic acids is 1. The standard InChI is InChI=1S/C21H22FN3O3/c1-2-23-10-12-24(13-11-23)20-8-7-17(15-19(20)22)21(26)9-6-16-4-3-5-18(14-16)25(27)28/h3-9,14-15H,2,10-13H2,1H3/p+1/b9-6+. The number of nitrogens with one attached hydrogen (secondary N) is 1. The summed E-state index contributed by atoms with van der Waals surface area (Å²) >= 11 is 0. The largest absolute Gasteiger partial charge is 0.358 e. The topological polar surface area (TPSA) is 67.9 Å². The number of hydrogen-bond donors (Lipinski definition) is 1. The fourth-order valence-corrected chi connectivity index (χ4v) is 3.34. The van der Waals surface area contributed by atoms with Gasteiger partial charge in [0, 0.05) is 17.7 Å². The molecule has 6 nitrogen and oxygen atoms in total. The van der Waals surface area contributed by atoms with E-state index in [-0.39, 0.29) is 17.0 Å². The number of rotatable bonds is 6. The average molecular weight is 384 g/mol. The van der Waals surface area contributed by atoms with Crippen LogP contribution < -0.4 is 9.80 Å². The first-order valence-corrected chi connectivity index (χ1v) is 9.33. The molecule has 1 aliphatic rings. The summed E-state index contributed by atoms with van der Waals surface area (Å²) in [5.41, 5.74) is 1.26. The molecule has 1 aliphatic heterocycles. The molecule has 1 heterocycles. The van der Waals surface area contributed by atoms with Crippen LogP contribution in [-0.2, 0) is 0 Å². The monoisotopic (exact) mass is 384 g/mol. The van der Waals surface area contributed by atoms with E-state index in [4.69, 9.17) is 0 Å². The van der Waals surface area contributed by atoms with Gasteiger partial charge in [-0.15, -0.1) is 0 Å². The van der Waals surface area contributed by atoms with E-state index in [0.29, 0.717) is 11.3 Å². The van der Waals surface area contributed by atoms with Crippen molar-refractivity contribution >= 4 is 23.2 Å². The first kappa shape index (κ1) is 19.7. The van der Waals surface area contributed by atoms with Crippen LogP contribution in [0, 0.1) is 15.9 Å². The Balaban J connectivity index is 1.70. The lowest BCUT2D eigenvalue weighted by molar-refractivity contribution is -0.898. The van der Waals surface area contributed by atoms with Crippen molar-refractivity contribution in [2.24, 2.45) is 0 Å². The molecule has 0 radical (unpaired) electrons. The predicted molar refractivity (Wildman–Crippen MR) is 106 cm³/mol. The number of likely N-dealkylation sites (N-methyl/N-ethyl adjacent to an activating group) is 1. The zero-order chi connectivity index (χ0) is 20.1. The van der Waals surface area contributed by atoms with Gasteiger partial charge in [0.05, 0.1) is 43.3 Å². The first-order chi connectivity index (χ1) is 13.5. The summed E-state index contributed by atoms with van der Waals surface area (Å²) in [7, 11) is 0. The van der Waals surface area contributed by atoms with Crippen molar-refractivity contribution in [3.63, 3.8) is 0 Å². The number of ketones is 1. The van der Waals surface area contributed by atoms with E-state index in [2.05, 4.69) is 6.92 Å². The highest BCUT2D eigenvalue weighted by molar-refractivity contribution is 6.07. The van der Waals surface area contributed by atoms with Gasteiger partial charge in [-0.25, -0.2) is 4.39 Å². The van der Waals surface area contributed by atoms with Gasteiger partial charge in [-0.2, -0.15) is 0 Å². The summed E-state index contributed by atoms with van der Waals surface area (Å²) in [4.78, 5) is 26.2. The number of piperazine rings is 1. The van der Waals surface area contributed by atoms with Crippen LogP contribution in [0.5, 0.6) is 0 Å². The second-order valence-electron chi connectivity index (χ2n) is 6.81. The quantitative estimate of drug-likeness (QED) is 0.359. The first-order valence-electron chi connectivity index (χ1n) is 9.33. The molecular weight excluding hydrogens is 361 g/mol. The molecule has 0 saturated carbocycles. The number of halogens is 1. The molecule has 1 N–H and O–H groups in total. The lowest BCUT2D eigenvalue weighted by atomic mass is 10.1. The Kier molecular flexibility index (Phi) is 6.16. The van der Waals surface area contributed by atoms with Gasteiger partial charge in [-0.05, 0) is 36.8 Å². The Bertz CT molecular complexity index is 906. The zero-order valence-electron chi connectivity index (χ0n) is 15.7. The molecule has 0 spiro atoms. The summed E-state index contributed by atoms with van der Waals surface area (Å²) in [6, 6.07) is 10.5. The SMILES string of the molecule is CC[NH+]1CCN(c2ccc(C(=O)/C=C/c3cccc([N+](=O)[O-])c3)cc2F)CC1. The van der Waals surface area contributed by atoms with Gasteiger partial charge in [0.15, 0.2) is 5.78 Å². The highest BCUT2D eigenvalue weighted by Gasteiger charge is 2.21. The van der Waals surface area contributed by atoms with Crippen LogP contribution in [0.2, 0.25) is 0 Å². The summed E-state index contributed by atoms with van der Waals surface area (Å²) < 4.78 is 14.6. The van der Waals surface area contributed by atoms with Gasteiger partial charge in [-0.3, -0.25) is 14.9 Å². The van der Waals surface area contributed by atoms with E-state index in [1.165, 1.54) is 35.3 Å². The van der Waals surface area contributed by atoms with Crippen LogP contribution >= 0.6 is 0 Å². The molecule has 0 aromatic heterocycles. The predicted octanol–water partition coefficient (Wildman–Crippen LogP) is 2.35. The molecule has 1 saturated heterocycles. The number of hydrogen-bond acceptors (Lipinski definition) is 4. The van der Waals surface area contributed by atoms with E-state index in [1.54, 1.807) is 24.3 Å². The highest BCUT2D eigenvalue weighted by Crippen LogP contribution is 2.21. The average Bonchev–Trinajstić information content (AvgIpc) is 2.72. The Hall–Kier alpha value is -3.06. The Morgan fingerprint density at radius 3 is 2.64 bits per heavy atom. The third kappa shape index (κ3) is 4.61. The van der Waals surface area contributed by atoms with Gasteiger partial charge in [-0.1, -0.05) is 18.2 Å². The van der Waals surface area contributed by atoms with Crippen molar-refractivity contribution in [3.05, 3.63) is 75.6 Å². The fraction of sp³-hybridized carbons (Fsp3) is 0.286. The maximum absolute atomic E-state index is 14.6. The third-order valence-electron chi connectivity index (χ3n) is 5.05. The molecule has 0 atom stereocenters. The number of non-ortho nitro benzene ring substituents is 1. The molecule has 0 aliphatic carbocycles. The number of carbonyl (C=O) groups is 1. The molecule has 1 fully saturated rings. The number of quaternary nitrogens is 1. The molecule has 3 rings (SSSR count). The summed E-state index contributed by atoms with van der Waals surface area (Å²) in [5, 5.41) is 10.8. The van der Waals surface area contributed by atoms with Crippen LogP contribution in [0.3, 0.4) is 0 Å². The molecule has 0 bridgehead atoms. The fourth-order valence-electron chi connectivity index (χ4n) is 3.34. The van der Waals surface area contributed by atoms with E-state index >= 15 is 0 Å². The van der Waals surface area contributed by atoms with Crippen molar-refractivity contribution in [1.82, 2.24) is 0 Å². The van der Waals surface area contributed by atoms with Crippen molar-refractivity contribution in [2.75, 3.05) is 37.6 Å². The second kappa shape index (κ2) is 8.75. The van der Waals surface area contributed by atoms with E-state index < -0.39 is 10.7 Å². The van der Waals surface area contributed by atoms with E-state index in [0.717, 1.165) is 32.7 Å². The van der Waals surface area contributed by atoms with Gasteiger partial charge < -0.3 is 9.80 Å². The van der Waals surface area contributed by atoms with Crippen LogP contribution in [-0.4, -0.2) is 43.4 Å². The molecule has 146 valence electrons. The Labute approximate surface area is 163 Å². The Morgan fingerprint density at radius 1 is 1.25 bits per heavy atom. The minimum absolute atomic E-state index is 0.0463. The number of nitro benzene ring substituents is 1. The van der Waals surface area contributed by atoms with E-state index in [1.807, 2.05) is 4.90 Å². The van der Waals surface area contributed by atoms with Crippen molar-refractivity contribution in [3.8, 4) is 0 Å². The van der Waals surface area contributed by atoms with Gasteiger partial charge >= 0.3 is 0 Å². The Morgan fingerprint density at radius 2 is 2.00 bits per heavy atom. The summed E-state index contributed by atoms with van der Waals surface area (Å²) in [5.74, 6) is -0.758. The number of allylic oxidation sites excluding steroid dienone is 1. The lowest BCUT2D eigenvalue weighted by Crippen LogP contribution is -3.14. The molecule has 2 aromatic rings. The minimum Gasteiger partial charge on any atom is -0.358 e. The van der Waals surface area contributed by atoms with Crippen LogP contribution in [0.15, 0.2) is 48.5 Å². The minimum atomic E-state index is -0.491. The maximum atomic E-state index is 14.6. The zero-order valence-corrected chi connectivity index (χ0v) is 15.7. The normalized spacial score (nSPS) is 15.1. The molecule has 0 unspecified atom stereocenters. The second-order valence-corrected chi connectivity index (χ2v) is 6.81. The molecule has 2 aromatic carbocycles. The number of benzene rings is 2.